The van der Waals surface area contributed by atoms with E-state index in [9.17, 15) is 13.2 Å². The molecule has 3 aromatic carbocycles. The Labute approximate surface area is 256 Å². The molecule has 0 bridgehead atoms. The van der Waals surface area contributed by atoms with Crippen LogP contribution >= 0.6 is 0 Å². The summed E-state index contributed by atoms with van der Waals surface area (Å²) in [5.74, 6) is 2.24. The molecule has 6 rings (SSSR count). The number of ether oxygens (including phenoxy) is 1. The zero-order valence-corrected chi connectivity index (χ0v) is 24.8. The number of benzene rings is 3. The highest BCUT2D eigenvalue weighted by Crippen LogP contribution is 2.21. The minimum atomic E-state index is -2.93. The van der Waals surface area contributed by atoms with Gasteiger partial charge in [-0.2, -0.15) is 5.10 Å². The number of aromatic nitrogens is 4. The number of aromatic amines is 1. The first-order valence-corrected chi connectivity index (χ1v) is 16.2. The van der Waals surface area contributed by atoms with Crippen LogP contribution in [0.1, 0.15) is 32.9 Å². The Hall–Kier alpha value is -4.87. The number of H-pyrrole nitrogens is 1. The van der Waals surface area contributed by atoms with Crippen molar-refractivity contribution in [2.45, 2.75) is 19.6 Å². The van der Waals surface area contributed by atoms with Crippen LogP contribution in [0, 0.1) is 0 Å². The summed E-state index contributed by atoms with van der Waals surface area (Å²) in [6.07, 6.45) is 4.12. The molecule has 0 aliphatic carbocycles. The molecule has 0 atom stereocenters. The highest BCUT2D eigenvalue weighted by atomic mass is 32.2. The second-order valence-electron chi connectivity index (χ2n) is 10.7. The molecule has 0 unspecified atom stereocenters. The van der Waals surface area contributed by atoms with Crippen molar-refractivity contribution in [3.63, 3.8) is 0 Å². The van der Waals surface area contributed by atoms with Crippen LogP contribution < -0.4 is 10.1 Å². The first kappa shape index (κ1) is 29.2. The van der Waals surface area contributed by atoms with E-state index in [2.05, 4.69) is 30.4 Å². The van der Waals surface area contributed by atoms with Gasteiger partial charge in [-0.3, -0.25) is 19.8 Å². The van der Waals surface area contributed by atoms with Gasteiger partial charge in [0.2, 0.25) is 0 Å². The molecule has 3 heterocycles. The van der Waals surface area contributed by atoms with Gasteiger partial charge in [-0.1, -0.05) is 30.3 Å². The number of nitrogens with zero attached hydrogens (tertiary/aromatic N) is 4. The summed E-state index contributed by atoms with van der Waals surface area (Å²) in [6, 6.07) is 26.6. The molecule has 1 aliphatic heterocycles. The first-order chi connectivity index (χ1) is 21.4. The Bertz CT molecular complexity index is 1810. The van der Waals surface area contributed by atoms with Gasteiger partial charge in [0.15, 0.2) is 15.7 Å². The standard InChI is InChI=1S/C33H32N6O4S/c40-33(28-5-1-3-25(19-28)22-39-15-17-44(41,42)18-16-39)35-29-10-8-27(9-11-29)32-36-31(37-38-32)20-24-6-12-30(13-7-24)43-23-26-4-2-14-34-21-26/h1-14,19,21H,15-18,20,22-23H2,(H,35,40)(H,36,37,38). The molecule has 0 spiro atoms. The van der Waals surface area contributed by atoms with Crippen molar-refractivity contribution in [1.29, 1.82) is 0 Å². The van der Waals surface area contributed by atoms with Gasteiger partial charge >= 0.3 is 0 Å². The lowest BCUT2D eigenvalue weighted by Gasteiger charge is -2.26. The van der Waals surface area contributed by atoms with Crippen LogP contribution in [0.5, 0.6) is 5.75 Å². The van der Waals surface area contributed by atoms with Crippen molar-refractivity contribution in [2.24, 2.45) is 0 Å². The summed E-state index contributed by atoms with van der Waals surface area (Å²) in [7, 11) is -2.93. The Balaban J connectivity index is 1.01. The van der Waals surface area contributed by atoms with Gasteiger partial charge in [0, 0.05) is 60.8 Å². The molecule has 44 heavy (non-hydrogen) atoms. The van der Waals surface area contributed by atoms with E-state index in [4.69, 9.17) is 4.74 Å². The van der Waals surface area contributed by atoms with Gasteiger partial charge in [-0.25, -0.2) is 13.4 Å². The van der Waals surface area contributed by atoms with E-state index in [0.29, 0.717) is 49.7 Å². The van der Waals surface area contributed by atoms with Gasteiger partial charge in [-0.15, -0.1) is 0 Å². The fraction of sp³-hybridized carbons (Fsp3) is 0.212. The smallest absolute Gasteiger partial charge is 0.255 e. The number of rotatable bonds is 10. The van der Waals surface area contributed by atoms with Gasteiger partial charge in [0.25, 0.3) is 5.91 Å². The van der Waals surface area contributed by atoms with Crippen LogP contribution in [0.4, 0.5) is 5.69 Å². The van der Waals surface area contributed by atoms with E-state index in [1.54, 1.807) is 18.5 Å². The van der Waals surface area contributed by atoms with Crippen LogP contribution in [-0.4, -0.2) is 64.0 Å². The van der Waals surface area contributed by atoms with Crippen molar-refractivity contribution in [3.05, 3.63) is 125 Å². The van der Waals surface area contributed by atoms with Crippen LogP contribution in [0.15, 0.2) is 97.3 Å². The van der Waals surface area contributed by atoms with Gasteiger partial charge in [-0.05, 0) is 65.7 Å². The lowest BCUT2D eigenvalue weighted by atomic mass is 10.1. The minimum absolute atomic E-state index is 0.177. The maximum atomic E-state index is 13.0. The molecule has 2 N–H and O–H groups in total. The van der Waals surface area contributed by atoms with Crippen molar-refractivity contribution >= 4 is 21.4 Å². The molecule has 224 valence electrons. The van der Waals surface area contributed by atoms with Crippen LogP contribution in [0.2, 0.25) is 0 Å². The van der Waals surface area contributed by atoms with E-state index in [0.717, 1.165) is 33.8 Å². The number of carbonyl (C=O) groups is 1. The number of hydrogen-bond acceptors (Lipinski definition) is 8. The van der Waals surface area contributed by atoms with Crippen LogP contribution in [-0.2, 0) is 29.4 Å². The number of nitrogens with one attached hydrogen (secondary N) is 2. The number of hydrogen-bond donors (Lipinski definition) is 2. The van der Waals surface area contributed by atoms with E-state index in [1.165, 1.54) is 0 Å². The molecule has 0 radical (unpaired) electrons. The molecule has 1 amide bonds. The molecular formula is C33H32N6O4S. The van der Waals surface area contributed by atoms with Crippen molar-refractivity contribution in [1.82, 2.24) is 25.1 Å². The third kappa shape index (κ3) is 7.74. The Morgan fingerprint density at radius 2 is 1.68 bits per heavy atom. The fourth-order valence-corrected chi connectivity index (χ4v) is 6.21. The first-order valence-electron chi connectivity index (χ1n) is 14.3. The third-order valence-electron chi connectivity index (χ3n) is 7.39. The monoisotopic (exact) mass is 608 g/mol. The molecule has 1 fully saturated rings. The molecule has 0 saturated carbocycles. The molecular weight excluding hydrogens is 576 g/mol. The van der Waals surface area contributed by atoms with Gasteiger partial charge in [0.1, 0.15) is 18.2 Å². The predicted octanol–water partition coefficient (Wildman–Crippen LogP) is 4.52. The second-order valence-corrected chi connectivity index (χ2v) is 13.0. The molecule has 11 heteroatoms. The number of amides is 1. The largest absolute Gasteiger partial charge is 0.489 e. The fourth-order valence-electron chi connectivity index (χ4n) is 4.93. The molecule has 2 aromatic heterocycles. The van der Waals surface area contributed by atoms with Gasteiger partial charge < -0.3 is 10.1 Å². The van der Waals surface area contributed by atoms with Gasteiger partial charge in [0.05, 0.1) is 11.5 Å². The maximum absolute atomic E-state index is 13.0. The summed E-state index contributed by atoms with van der Waals surface area (Å²) < 4.78 is 29.2. The number of sulfone groups is 1. The quantitative estimate of drug-likeness (QED) is 0.237. The molecule has 1 aliphatic rings. The summed E-state index contributed by atoms with van der Waals surface area (Å²) in [4.78, 5) is 23.8. The Kier molecular flexibility index (Phi) is 8.76. The lowest BCUT2D eigenvalue weighted by Crippen LogP contribution is -2.39. The zero-order chi connectivity index (χ0) is 30.4. The average molecular weight is 609 g/mol. The predicted molar refractivity (Wildman–Crippen MR) is 168 cm³/mol. The number of anilines is 1. The SMILES string of the molecule is O=C(Nc1ccc(-c2n[nH]c(Cc3ccc(OCc4cccnc4)cc3)n2)cc1)c1cccc(CN2CCS(=O)(=O)CC2)c1. The van der Waals surface area contributed by atoms with E-state index in [-0.39, 0.29) is 17.4 Å². The molecule has 1 saturated heterocycles. The summed E-state index contributed by atoms with van der Waals surface area (Å²) >= 11 is 0. The molecule has 10 nitrogen and oxygen atoms in total. The van der Waals surface area contributed by atoms with Crippen molar-refractivity contribution in [2.75, 3.05) is 29.9 Å². The normalized spacial score (nSPS) is 14.6. The van der Waals surface area contributed by atoms with Crippen molar-refractivity contribution in [3.8, 4) is 17.1 Å². The minimum Gasteiger partial charge on any atom is -0.489 e. The lowest BCUT2D eigenvalue weighted by molar-refractivity contribution is 0.102. The summed E-state index contributed by atoms with van der Waals surface area (Å²) in [5, 5.41) is 10.3. The van der Waals surface area contributed by atoms with Crippen LogP contribution in [0.3, 0.4) is 0 Å². The van der Waals surface area contributed by atoms with Crippen LogP contribution in [0.25, 0.3) is 11.4 Å². The zero-order valence-electron chi connectivity index (χ0n) is 24.0. The Morgan fingerprint density at radius 1 is 0.909 bits per heavy atom. The summed E-state index contributed by atoms with van der Waals surface area (Å²) in [6.45, 7) is 2.09. The Morgan fingerprint density at radius 3 is 2.43 bits per heavy atom. The number of pyridine rings is 1. The summed E-state index contributed by atoms with van der Waals surface area (Å²) in [5.41, 5.74) is 5.09. The molecule has 5 aromatic rings. The second kappa shape index (κ2) is 13.2. The maximum Gasteiger partial charge on any atom is 0.255 e. The number of carbonyl (C=O) groups excluding carboxylic acids is 1. The van der Waals surface area contributed by atoms with E-state index in [1.807, 2.05) is 78.9 Å². The topological polar surface area (TPSA) is 130 Å². The van der Waals surface area contributed by atoms with E-state index < -0.39 is 9.84 Å². The van der Waals surface area contributed by atoms with E-state index >= 15 is 0 Å². The average Bonchev–Trinajstić information content (AvgIpc) is 3.51. The highest BCUT2D eigenvalue weighted by Gasteiger charge is 2.21. The third-order valence-corrected chi connectivity index (χ3v) is 9.00. The van der Waals surface area contributed by atoms with Crippen molar-refractivity contribution < 1.29 is 17.9 Å². The highest BCUT2D eigenvalue weighted by molar-refractivity contribution is 7.91.